The van der Waals surface area contributed by atoms with Crippen molar-refractivity contribution < 1.29 is 4.79 Å². The van der Waals surface area contributed by atoms with E-state index in [0.29, 0.717) is 5.41 Å². The van der Waals surface area contributed by atoms with Gasteiger partial charge >= 0.3 is 0 Å². The fourth-order valence-corrected chi connectivity index (χ4v) is 6.36. The number of aromatic amines is 1. The van der Waals surface area contributed by atoms with Crippen LogP contribution in [0.1, 0.15) is 74.1 Å². The average molecular weight is 517 g/mol. The zero-order valence-corrected chi connectivity index (χ0v) is 23.2. The molecule has 0 bridgehead atoms. The molecule has 0 saturated carbocycles. The number of likely N-dealkylation sites (tertiary alicyclic amines) is 2. The second kappa shape index (κ2) is 12.4. The normalized spacial score (nSPS) is 19.3. The van der Waals surface area contributed by atoms with Crippen LogP contribution in [0, 0.1) is 11.3 Å². The van der Waals surface area contributed by atoms with Gasteiger partial charge < -0.3 is 14.8 Å². The summed E-state index contributed by atoms with van der Waals surface area (Å²) in [7, 11) is 0. The number of hydrogen-bond acceptors (Lipinski definition) is 5. The van der Waals surface area contributed by atoms with Crippen LogP contribution in [-0.2, 0) is 13.1 Å². The Bertz CT molecular complexity index is 1090. The largest absolute Gasteiger partial charge is 0.348 e. The Morgan fingerprint density at radius 1 is 1.05 bits per heavy atom. The summed E-state index contributed by atoms with van der Waals surface area (Å²) >= 11 is 0. The van der Waals surface area contributed by atoms with Crippen molar-refractivity contribution in [2.45, 2.75) is 65.5 Å². The van der Waals surface area contributed by atoms with Gasteiger partial charge in [-0.05, 0) is 61.4 Å². The molecule has 4 heterocycles. The molecule has 0 aliphatic carbocycles. The number of benzene rings is 1. The first kappa shape index (κ1) is 26.8. The van der Waals surface area contributed by atoms with E-state index in [1.54, 1.807) is 6.20 Å². The molecule has 1 aromatic carbocycles. The van der Waals surface area contributed by atoms with Gasteiger partial charge in [-0.25, -0.2) is 4.98 Å². The number of nitrogens with zero attached hydrogens (tertiary/aromatic N) is 5. The molecule has 1 N–H and O–H groups in total. The number of piperidine rings is 1. The van der Waals surface area contributed by atoms with Crippen molar-refractivity contribution in [3.8, 4) is 0 Å². The van der Waals surface area contributed by atoms with Gasteiger partial charge in [0.2, 0.25) is 0 Å². The molecule has 7 nitrogen and oxygen atoms in total. The number of allylic oxidation sites excluding steroid dienone is 1. The summed E-state index contributed by atoms with van der Waals surface area (Å²) in [6.07, 6.45) is 14.7. The minimum absolute atomic E-state index is 0.187. The van der Waals surface area contributed by atoms with Crippen LogP contribution in [0.2, 0.25) is 0 Å². The highest BCUT2D eigenvalue weighted by Gasteiger charge is 2.42. The van der Waals surface area contributed by atoms with Crippen LogP contribution in [0.15, 0.2) is 53.9 Å². The highest BCUT2D eigenvalue weighted by molar-refractivity contribution is 5.94. The Balaban J connectivity index is 1.15. The third-order valence-corrected chi connectivity index (χ3v) is 8.97. The second-order valence-corrected chi connectivity index (χ2v) is 11.6. The lowest BCUT2D eigenvalue weighted by atomic mass is 9.77. The van der Waals surface area contributed by atoms with E-state index in [4.69, 9.17) is 0 Å². The van der Waals surface area contributed by atoms with E-state index in [2.05, 4.69) is 61.7 Å². The van der Waals surface area contributed by atoms with Crippen molar-refractivity contribution in [2.24, 2.45) is 16.3 Å². The highest BCUT2D eigenvalue weighted by Crippen LogP contribution is 2.41. The molecule has 0 radical (unpaired) electrons. The molecule has 7 heteroatoms. The van der Waals surface area contributed by atoms with E-state index in [0.717, 1.165) is 62.9 Å². The van der Waals surface area contributed by atoms with Gasteiger partial charge in [0.25, 0.3) is 5.91 Å². The number of imidazole rings is 1. The molecule has 3 aliphatic rings. The predicted octanol–water partition coefficient (Wildman–Crippen LogP) is 5.13. The Morgan fingerprint density at radius 2 is 1.82 bits per heavy atom. The fraction of sp³-hybridized carbons (Fsp3) is 0.581. The Morgan fingerprint density at radius 3 is 2.47 bits per heavy atom. The lowest BCUT2D eigenvalue weighted by Crippen LogP contribution is -2.43. The standard InChI is InChI=1S/C31H44N6O/c1-3-25(4-2)20-35-17-11-31(12-18-35)13-19-37(24-31)30(38)27-9-7-26(8-10-27)21-36(22-28-6-5-14-32-28)23-29-33-15-16-34-29/h5,7-10,14-16,25H,3-4,6,11-13,17-24H2,1-2H3,(H,33,34). The zero-order valence-electron chi connectivity index (χ0n) is 23.2. The number of carbonyl (C=O) groups is 1. The zero-order chi connectivity index (χ0) is 26.4. The van der Waals surface area contributed by atoms with Gasteiger partial charge in [-0.3, -0.25) is 14.7 Å². The molecule has 2 aromatic rings. The van der Waals surface area contributed by atoms with Gasteiger partial charge in [-0.15, -0.1) is 0 Å². The monoisotopic (exact) mass is 516 g/mol. The Kier molecular flexibility index (Phi) is 8.75. The molecule has 204 valence electrons. The lowest BCUT2D eigenvalue weighted by Gasteiger charge is -2.40. The minimum Gasteiger partial charge on any atom is -0.348 e. The van der Waals surface area contributed by atoms with Gasteiger partial charge in [0.15, 0.2) is 0 Å². The first-order valence-corrected chi connectivity index (χ1v) is 14.6. The van der Waals surface area contributed by atoms with Crippen molar-refractivity contribution >= 4 is 11.6 Å². The quantitative estimate of drug-likeness (QED) is 0.449. The molecule has 1 aromatic heterocycles. The van der Waals surface area contributed by atoms with Gasteiger partial charge in [-0.2, -0.15) is 0 Å². The van der Waals surface area contributed by atoms with Crippen LogP contribution in [0.5, 0.6) is 0 Å². The fourth-order valence-electron chi connectivity index (χ4n) is 6.36. The van der Waals surface area contributed by atoms with Crippen molar-refractivity contribution in [1.29, 1.82) is 0 Å². The van der Waals surface area contributed by atoms with Crippen molar-refractivity contribution in [1.82, 2.24) is 24.7 Å². The summed E-state index contributed by atoms with van der Waals surface area (Å²) < 4.78 is 0. The van der Waals surface area contributed by atoms with Gasteiger partial charge in [0, 0.05) is 69.0 Å². The molecule has 0 atom stereocenters. The Labute approximate surface area is 228 Å². The maximum absolute atomic E-state index is 13.4. The molecule has 38 heavy (non-hydrogen) atoms. The maximum atomic E-state index is 13.4. The third-order valence-electron chi connectivity index (χ3n) is 8.97. The van der Waals surface area contributed by atoms with Crippen molar-refractivity contribution in [3.63, 3.8) is 0 Å². The van der Waals surface area contributed by atoms with Gasteiger partial charge in [-0.1, -0.05) is 44.9 Å². The van der Waals surface area contributed by atoms with Crippen LogP contribution in [-0.4, -0.2) is 75.6 Å². The van der Waals surface area contributed by atoms with E-state index < -0.39 is 0 Å². The van der Waals surface area contributed by atoms with Crippen LogP contribution in [0.25, 0.3) is 0 Å². The predicted molar refractivity (Wildman–Crippen MR) is 153 cm³/mol. The summed E-state index contributed by atoms with van der Waals surface area (Å²) in [6, 6.07) is 8.25. The first-order valence-electron chi connectivity index (χ1n) is 14.6. The summed E-state index contributed by atoms with van der Waals surface area (Å²) in [5.41, 5.74) is 3.50. The van der Waals surface area contributed by atoms with Crippen molar-refractivity contribution in [3.05, 3.63) is 65.9 Å². The number of carbonyl (C=O) groups excluding carboxylic acids is 1. The molecule has 2 saturated heterocycles. The molecular formula is C31H44N6O. The number of H-pyrrole nitrogens is 1. The topological polar surface area (TPSA) is 67.8 Å². The molecule has 1 spiro atoms. The van der Waals surface area contributed by atoms with Gasteiger partial charge in [0.1, 0.15) is 5.82 Å². The summed E-state index contributed by atoms with van der Waals surface area (Å²) in [4.78, 5) is 32.6. The van der Waals surface area contributed by atoms with Crippen LogP contribution < -0.4 is 0 Å². The number of amides is 1. The third kappa shape index (κ3) is 6.62. The van der Waals surface area contributed by atoms with E-state index in [-0.39, 0.29) is 5.91 Å². The van der Waals surface area contributed by atoms with Gasteiger partial charge in [0.05, 0.1) is 6.54 Å². The summed E-state index contributed by atoms with van der Waals surface area (Å²) in [5.74, 6) is 1.96. The van der Waals surface area contributed by atoms with Crippen molar-refractivity contribution in [2.75, 3.05) is 39.3 Å². The summed E-state index contributed by atoms with van der Waals surface area (Å²) in [6.45, 7) is 12.4. The summed E-state index contributed by atoms with van der Waals surface area (Å²) in [5, 5.41) is 0. The second-order valence-electron chi connectivity index (χ2n) is 11.6. The molecule has 0 unspecified atom stereocenters. The number of aromatic nitrogens is 2. The lowest BCUT2D eigenvalue weighted by molar-refractivity contribution is 0.0701. The van der Waals surface area contributed by atoms with Crippen LogP contribution in [0.4, 0.5) is 0 Å². The Hall–Kier alpha value is -2.77. The number of aliphatic imine (C=N–C) groups is 1. The molecule has 1 amide bonds. The first-order chi connectivity index (χ1) is 18.6. The molecule has 3 aliphatic heterocycles. The van der Waals surface area contributed by atoms with Crippen LogP contribution in [0.3, 0.4) is 0 Å². The highest BCUT2D eigenvalue weighted by atomic mass is 16.2. The van der Waals surface area contributed by atoms with E-state index >= 15 is 0 Å². The SMILES string of the molecule is CCC(CC)CN1CCC2(CC1)CCN(C(=O)c1ccc(CN(CC3=NC=CC3)Cc3ncc[nH]3)cc1)C2. The molecular weight excluding hydrogens is 472 g/mol. The molecule has 2 fully saturated rings. The van der Waals surface area contributed by atoms with E-state index in [1.807, 2.05) is 24.5 Å². The smallest absolute Gasteiger partial charge is 0.253 e. The molecule has 5 rings (SSSR count). The van der Waals surface area contributed by atoms with E-state index in [1.165, 1.54) is 56.6 Å². The number of hydrogen-bond donors (Lipinski definition) is 1. The van der Waals surface area contributed by atoms with E-state index in [9.17, 15) is 4.79 Å². The number of nitrogens with one attached hydrogen (secondary N) is 1. The minimum atomic E-state index is 0.187. The maximum Gasteiger partial charge on any atom is 0.253 e. The number of rotatable bonds is 11. The average Bonchev–Trinajstić information content (AvgIpc) is 3.72. The van der Waals surface area contributed by atoms with Crippen LogP contribution >= 0.6 is 0 Å².